The van der Waals surface area contributed by atoms with E-state index in [1.54, 1.807) is 0 Å². The van der Waals surface area contributed by atoms with Gasteiger partial charge in [-0.1, -0.05) is 35.9 Å². The van der Waals surface area contributed by atoms with Crippen LogP contribution in [0.25, 0.3) is 14.5 Å². The number of benzene rings is 2. The number of hydrogen-bond acceptors (Lipinski definition) is 3. The Morgan fingerprint density at radius 3 is 2.68 bits per heavy atom. The smallest absolute Gasteiger partial charge is 0.137 e. The second-order valence-electron chi connectivity index (χ2n) is 6.70. The lowest BCUT2D eigenvalue weighted by atomic mass is 9.98. The zero-order chi connectivity index (χ0) is 19.7. The van der Waals surface area contributed by atoms with Crippen LogP contribution in [-0.4, -0.2) is 24.7 Å². The van der Waals surface area contributed by atoms with Gasteiger partial charge in [0.25, 0.3) is 0 Å². The summed E-state index contributed by atoms with van der Waals surface area (Å²) < 4.78 is 8.16. The van der Waals surface area contributed by atoms with Crippen LogP contribution in [0, 0.1) is 5.92 Å². The van der Waals surface area contributed by atoms with E-state index in [1.165, 1.54) is 12.5 Å². The summed E-state index contributed by atoms with van der Waals surface area (Å²) in [6.07, 6.45) is 0. The van der Waals surface area contributed by atoms with Gasteiger partial charge in [0.2, 0.25) is 0 Å². The molecule has 6 heteroatoms. The lowest BCUT2D eigenvalue weighted by Gasteiger charge is -2.40. The molecule has 3 nitrogen and oxygen atoms in total. The molecule has 0 aliphatic carbocycles. The molecule has 0 amide bonds. The molecule has 1 aromatic heterocycles. The van der Waals surface area contributed by atoms with Crippen LogP contribution in [0.15, 0.2) is 58.2 Å². The van der Waals surface area contributed by atoms with Crippen LogP contribution in [0.1, 0.15) is 12.5 Å². The molecule has 2 heterocycles. The highest BCUT2D eigenvalue weighted by molar-refractivity contribution is 14.1. The predicted molar refractivity (Wildman–Crippen MR) is 135 cm³/mol. The third-order valence-corrected chi connectivity index (χ3v) is 8.79. The molecule has 0 bridgehead atoms. The molecule has 0 N–H and O–H groups in total. The zero-order valence-corrected chi connectivity index (χ0v) is 20.4. The molecule has 1 fully saturated rings. The number of fused-ring (bicyclic) bond motifs is 1. The number of aromatic nitrogens is 1. The van der Waals surface area contributed by atoms with Crippen molar-refractivity contribution >= 4 is 77.1 Å². The Morgan fingerprint density at radius 2 is 1.93 bits per heavy atom. The molecule has 1 saturated heterocycles. The lowest BCUT2D eigenvalue weighted by Crippen LogP contribution is -2.47. The molecule has 4 rings (SSSR count). The van der Waals surface area contributed by atoms with Crippen LogP contribution in [0.3, 0.4) is 0 Å². The van der Waals surface area contributed by atoms with Crippen LogP contribution in [0.4, 0.5) is 5.82 Å². The molecule has 1 aliphatic heterocycles. The quantitative estimate of drug-likeness (QED) is 0.290. The molecule has 0 spiro atoms. The van der Waals surface area contributed by atoms with Gasteiger partial charge in [0.05, 0.1) is 17.1 Å². The van der Waals surface area contributed by atoms with Crippen molar-refractivity contribution in [2.75, 3.05) is 24.6 Å². The van der Waals surface area contributed by atoms with E-state index in [4.69, 9.17) is 21.3 Å². The van der Waals surface area contributed by atoms with E-state index < -0.39 is 0 Å². The summed E-state index contributed by atoms with van der Waals surface area (Å²) in [5.74, 6) is 2.31. The summed E-state index contributed by atoms with van der Waals surface area (Å²) >= 11 is 11.3. The van der Waals surface area contributed by atoms with E-state index in [9.17, 15) is 0 Å². The van der Waals surface area contributed by atoms with Crippen molar-refractivity contribution in [3.05, 3.63) is 68.8 Å². The van der Waals surface area contributed by atoms with Gasteiger partial charge in [-0.15, -0.1) is 0 Å². The van der Waals surface area contributed by atoms with Gasteiger partial charge in [0, 0.05) is 31.6 Å². The standard InChI is InChI=1S/C22H19ClI2N2O/c1-2-28-19-9-7-15(11-17(19)23)21(24)22(25)16-12-27(13-16)20-10-8-14-5-3-4-6-18(14)26-20/h3-11,16H,2,12-13H2,1H3/b22-21-. The number of rotatable bonds is 5. The summed E-state index contributed by atoms with van der Waals surface area (Å²) in [7, 11) is 0. The van der Waals surface area contributed by atoms with E-state index in [0.29, 0.717) is 17.5 Å². The third-order valence-electron chi connectivity index (χ3n) is 4.84. The fourth-order valence-electron chi connectivity index (χ4n) is 3.28. The van der Waals surface area contributed by atoms with E-state index >= 15 is 0 Å². The van der Waals surface area contributed by atoms with Gasteiger partial charge >= 0.3 is 0 Å². The normalized spacial score (nSPS) is 15.4. The van der Waals surface area contributed by atoms with E-state index in [2.05, 4.69) is 80.4 Å². The van der Waals surface area contributed by atoms with Crippen molar-refractivity contribution in [1.82, 2.24) is 4.98 Å². The van der Waals surface area contributed by atoms with E-state index in [0.717, 1.165) is 35.7 Å². The largest absolute Gasteiger partial charge is 0.492 e. The fourth-order valence-corrected chi connectivity index (χ4v) is 5.00. The Bertz CT molecular complexity index is 1050. The molecular formula is C22H19ClI2N2O. The maximum absolute atomic E-state index is 6.37. The molecular weight excluding hydrogens is 598 g/mol. The zero-order valence-electron chi connectivity index (χ0n) is 15.3. The minimum absolute atomic E-state index is 0.520. The molecule has 0 atom stereocenters. The molecule has 0 unspecified atom stereocenters. The summed E-state index contributed by atoms with van der Waals surface area (Å²) in [6, 6.07) is 18.5. The van der Waals surface area contributed by atoms with Gasteiger partial charge in [0.15, 0.2) is 0 Å². The average molecular weight is 617 g/mol. The summed E-state index contributed by atoms with van der Waals surface area (Å²) in [6.45, 7) is 4.55. The van der Waals surface area contributed by atoms with Crippen molar-refractivity contribution in [2.45, 2.75) is 6.92 Å². The van der Waals surface area contributed by atoms with Gasteiger partial charge in [0.1, 0.15) is 11.6 Å². The van der Waals surface area contributed by atoms with E-state index in [-0.39, 0.29) is 0 Å². The van der Waals surface area contributed by atoms with E-state index in [1.807, 2.05) is 31.2 Å². The van der Waals surface area contributed by atoms with Crippen LogP contribution >= 0.6 is 56.8 Å². The Kier molecular flexibility index (Phi) is 6.32. The topological polar surface area (TPSA) is 25.4 Å². The first-order valence-corrected chi connectivity index (χ1v) is 11.7. The van der Waals surface area contributed by atoms with Crippen LogP contribution in [0.2, 0.25) is 5.02 Å². The Hall–Kier alpha value is -1.06. The monoisotopic (exact) mass is 616 g/mol. The molecule has 28 heavy (non-hydrogen) atoms. The van der Waals surface area contributed by atoms with Crippen molar-refractivity contribution in [3.8, 4) is 5.75 Å². The molecule has 2 aromatic carbocycles. The molecule has 144 valence electrons. The Balaban J connectivity index is 1.48. The number of nitrogens with zero attached hydrogens (tertiary/aromatic N) is 2. The minimum atomic E-state index is 0.520. The van der Waals surface area contributed by atoms with Crippen molar-refractivity contribution in [2.24, 2.45) is 5.92 Å². The first-order chi connectivity index (χ1) is 13.6. The molecule has 1 aliphatic rings. The van der Waals surface area contributed by atoms with Gasteiger partial charge in [-0.25, -0.2) is 4.98 Å². The Labute approximate surface area is 197 Å². The average Bonchev–Trinajstić information content (AvgIpc) is 2.67. The van der Waals surface area contributed by atoms with Gasteiger partial charge < -0.3 is 9.64 Å². The maximum atomic E-state index is 6.37. The van der Waals surface area contributed by atoms with Crippen LogP contribution < -0.4 is 9.64 Å². The number of anilines is 1. The summed E-state index contributed by atoms with van der Waals surface area (Å²) in [4.78, 5) is 7.15. The van der Waals surface area contributed by atoms with Crippen molar-refractivity contribution < 1.29 is 4.74 Å². The molecule has 3 aromatic rings. The number of ether oxygens (including phenoxy) is 1. The van der Waals surface area contributed by atoms with Gasteiger partial charge in [-0.3, -0.25) is 0 Å². The second kappa shape index (κ2) is 8.75. The maximum Gasteiger partial charge on any atom is 0.137 e. The number of para-hydroxylation sites is 1. The van der Waals surface area contributed by atoms with Crippen molar-refractivity contribution in [1.29, 1.82) is 0 Å². The summed E-state index contributed by atoms with van der Waals surface area (Å²) in [5, 5.41) is 1.84. The third kappa shape index (κ3) is 4.11. The van der Waals surface area contributed by atoms with Gasteiger partial charge in [-0.05, 0) is 88.0 Å². The van der Waals surface area contributed by atoms with Crippen LogP contribution in [0.5, 0.6) is 5.75 Å². The number of halogens is 3. The first kappa shape index (κ1) is 20.2. The highest BCUT2D eigenvalue weighted by atomic mass is 127. The predicted octanol–water partition coefficient (Wildman–Crippen LogP) is 6.96. The van der Waals surface area contributed by atoms with Gasteiger partial charge in [-0.2, -0.15) is 0 Å². The number of hydrogen-bond donors (Lipinski definition) is 0. The highest BCUT2D eigenvalue weighted by Crippen LogP contribution is 2.40. The van der Waals surface area contributed by atoms with Crippen LogP contribution in [-0.2, 0) is 0 Å². The molecule has 0 radical (unpaired) electrons. The lowest BCUT2D eigenvalue weighted by molar-refractivity contribution is 0.340. The molecule has 0 saturated carbocycles. The fraction of sp³-hybridized carbons (Fsp3) is 0.227. The number of pyridine rings is 1. The van der Waals surface area contributed by atoms with Crippen molar-refractivity contribution in [3.63, 3.8) is 0 Å². The minimum Gasteiger partial charge on any atom is -0.492 e. The Morgan fingerprint density at radius 1 is 1.14 bits per heavy atom. The SMILES string of the molecule is CCOc1ccc(/C(I)=C(/I)C2CN(c3ccc4ccccc4n3)C2)cc1Cl. The second-order valence-corrected chi connectivity index (χ2v) is 9.35. The highest BCUT2D eigenvalue weighted by Gasteiger charge is 2.31. The first-order valence-electron chi connectivity index (χ1n) is 9.15. The summed E-state index contributed by atoms with van der Waals surface area (Å²) in [5.41, 5.74) is 2.19.